The topological polar surface area (TPSA) is 33.1 Å². The van der Waals surface area contributed by atoms with E-state index in [1.165, 1.54) is 10.4 Å². The van der Waals surface area contributed by atoms with Gasteiger partial charge in [-0.2, -0.15) is 0 Å². The highest BCUT2D eigenvalue weighted by atomic mass is 32.1. The molecular weight excluding hydrogens is 254 g/mol. The highest BCUT2D eigenvalue weighted by Crippen LogP contribution is 2.33. The standard InChI is InChI=1S/C16H15NOS/c1-10-8-15(19-11(10)2)16(18)14-5-3-4-12-9-17-7-6-13(12)14/h3-9,16,18H,1-2H3. The summed E-state index contributed by atoms with van der Waals surface area (Å²) in [5, 5.41) is 12.7. The molecule has 3 aromatic rings. The molecule has 3 rings (SSSR count). The smallest absolute Gasteiger partial charge is 0.114 e. The Kier molecular flexibility index (Phi) is 3.09. The van der Waals surface area contributed by atoms with Crippen molar-refractivity contribution in [1.29, 1.82) is 0 Å². The number of benzene rings is 1. The molecule has 0 radical (unpaired) electrons. The van der Waals surface area contributed by atoms with E-state index in [-0.39, 0.29) is 0 Å². The molecule has 0 fully saturated rings. The predicted octanol–water partition coefficient (Wildman–Crippen LogP) is 3.99. The lowest BCUT2D eigenvalue weighted by Gasteiger charge is -2.12. The summed E-state index contributed by atoms with van der Waals surface area (Å²) >= 11 is 1.66. The SMILES string of the molecule is Cc1cc(C(O)c2cccc3cnccc23)sc1C. The molecule has 96 valence electrons. The fraction of sp³-hybridized carbons (Fsp3) is 0.188. The molecule has 0 bridgehead atoms. The number of aliphatic hydroxyl groups excluding tert-OH is 1. The summed E-state index contributed by atoms with van der Waals surface area (Å²) in [6.07, 6.45) is 3.03. The van der Waals surface area contributed by atoms with Crippen molar-refractivity contribution in [1.82, 2.24) is 4.98 Å². The van der Waals surface area contributed by atoms with Crippen molar-refractivity contribution in [3.8, 4) is 0 Å². The second kappa shape index (κ2) is 4.76. The number of hydrogen-bond acceptors (Lipinski definition) is 3. The van der Waals surface area contributed by atoms with Crippen LogP contribution < -0.4 is 0 Å². The maximum atomic E-state index is 10.6. The number of aliphatic hydroxyl groups is 1. The van der Waals surface area contributed by atoms with Crippen LogP contribution in [0.25, 0.3) is 10.8 Å². The van der Waals surface area contributed by atoms with Crippen LogP contribution in [0.5, 0.6) is 0 Å². The van der Waals surface area contributed by atoms with E-state index in [9.17, 15) is 5.11 Å². The van der Waals surface area contributed by atoms with Crippen LogP contribution in [0.3, 0.4) is 0 Å². The van der Waals surface area contributed by atoms with Gasteiger partial charge in [0.2, 0.25) is 0 Å². The minimum Gasteiger partial charge on any atom is -0.383 e. The first-order chi connectivity index (χ1) is 9.16. The van der Waals surface area contributed by atoms with E-state index in [4.69, 9.17) is 0 Å². The van der Waals surface area contributed by atoms with Crippen LogP contribution in [0.4, 0.5) is 0 Å². The minimum absolute atomic E-state index is 0.566. The van der Waals surface area contributed by atoms with E-state index in [0.717, 1.165) is 21.2 Å². The molecule has 1 atom stereocenters. The zero-order valence-corrected chi connectivity index (χ0v) is 11.7. The zero-order valence-electron chi connectivity index (χ0n) is 10.9. The molecule has 0 spiro atoms. The average Bonchev–Trinajstić information content (AvgIpc) is 2.77. The van der Waals surface area contributed by atoms with Crippen LogP contribution in [0.1, 0.15) is 27.0 Å². The molecule has 1 N–H and O–H groups in total. The van der Waals surface area contributed by atoms with Crippen LogP contribution in [-0.2, 0) is 0 Å². The third kappa shape index (κ3) is 2.15. The molecule has 0 amide bonds. The second-order valence-electron chi connectivity index (χ2n) is 4.73. The Morgan fingerprint density at radius 3 is 2.79 bits per heavy atom. The van der Waals surface area contributed by atoms with Crippen LogP contribution in [0.2, 0.25) is 0 Å². The first-order valence-electron chi connectivity index (χ1n) is 6.24. The summed E-state index contributed by atoms with van der Waals surface area (Å²) in [4.78, 5) is 6.38. The van der Waals surface area contributed by atoms with Gasteiger partial charge in [0.1, 0.15) is 6.10 Å². The molecule has 2 aromatic heterocycles. The van der Waals surface area contributed by atoms with Crippen molar-refractivity contribution in [3.63, 3.8) is 0 Å². The summed E-state index contributed by atoms with van der Waals surface area (Å²) in [6.45, 7) is 4.16. The molecule has 3 heteroatoms. The fourth-order valence-corrected chi connectivity index (χ4v) is 3.32. The van der Waals surface area contributed by atoms with Crippen molar-refractivity contribution in [2.45, 2.75) is 20.0 Å². The maximum absolute atomic E-state index is 10.6. The molecule has 0 aliphatic rings. The molecule has 0 aliphatic heterocycles. The number of thiophene rings is 1. The third-order valence-electron chi connectivity index (χ3n) is 3.46. The van der Waals surface area contributed by atoms with Gasteiger partial charge in [0.15, 0.2) is 0 Å². The quantitative estimate of drug-likeness (QED) is 0.763. The summed E-state index contributed by atoms with van der Waals surface area (Å²) in [5.74, 6) is 0. The van der Waals surface area contributed by atoms with Gasteiger partial charge in [-0.3, -0.25) is 4.98 Å². The molecule has 1 unspecified atom stereocenters. The maximum Gasteiger partial charge on any atom is 0.114 e. The summed E-state index contributed by atoms with van der Waals surface area (Å²) in [5.41, 5.74) is 2.18. The van der Waals surface area contributed by atoms with Gasteiger partial charge >= 0.3 is 0 Å². The Morgan fingerprint density at radius 2 is 2.05 bits per heavy atom. The Bertz CT molecular complexity index is 708. The van der Waals surface area contributed by atoms with Gasteiger partial charge in [-0.05, 0) is 42.5 Å². The number of nitrogens with zero attached hydrogens (tertiary/aromatic N) is 1. The first kappa shape index (κ1) is 12.3. The van der Waals surface area contributed by atoms with Gasteiger partial charge in [-0.1, -0.05) is 18.2 Å². The van der Waals surface area contributed by atoms with Gasteiger partial charge in [0, 0.05) is 27.5 Å². The first-order valence-corrected chi connectivity index (χ1v) is 7.06. The number of rotatable bonds is 2. The molecule has 0 saturated heterocycles. The summed E-state index contributed by atoms with van der Waals surface area (Å²) in [7, 11) is 0. The van der Waals surface area contributed by atoms with Crippen LogP contribution >= 0.6 is 11.3 Å². The van der Waals surface area contributed by atoms with Gasteiger partial charge < -0.3 is 5.11 Å². The van der Waals surface area contributed by atoms with Crippen LogP contribution in [0.15, 0.2) is 42.7 Å². The van der Waals surface area contributed by atoms with E-state index in [2.05, 4.69) is 24.9 Å². The van der Waals surface area contributed by atoms with Crippen molar-refractivity contribution in [2.24, 2.45) is 0 Å². The second-order valence-corrected chi connectivity index (χ2v) is 6.02. The Balaban J connectivity index is 2.13. The number of hydrogen-bond donors (Lipinski definition) is 1. The van der Waals surface area contributed by atoms with Crippen molar-refractivity contribution in [3.05, 3.63) is 63.6 Å². The van der Waals surface area contributed by atoms with Crippen molar-refractivity contribution < 1.29 is 5.11 Å². The zero-order chi connectivity index (χ0) is 13.4. The molecular formula is C16H15NOS. The lowest BCUT2D eigenvalue weighted by Crippen LogP contribution is -1.98. The average molecular weight is 269 g/mol. The molecule has 2 nitrogen and oxygen atoms in total. The van der Waals surface area contributed by atoms with Gasteiger partial charge in [0.05, 0.1) is 0 Å². The normalized spacial score (nSPS) is 12.8. The molecule has 0 saturated carbocycles. The highest BCUT2D eigenvalue weighted by Gasteiger charge is 2.16. The largest absolute Gasteiger partial charge is 0.383 e. The van der Waals surface area contributed by atoms with E-state index in [0.29, 0.717) is 0 Å². The molecule has 19 heavy (non-hydrogen) atoms. The van der Waals surface area contributed by atoms with Crippen molar-refractivity contribution in [2.75, 3.05) is 0 Å². The Labute approximate surface area is 116 Å². The lowest BCUT2D eigenvalue weighted by molar-refractivity contribution is 0.225. The van der Waals surface area contributed by atoms with Crippen LogP contribution in [-0.4, -0.2) is 10.1 Å². The van der Waals surface area contributed by atoms with Gasteiger partial charge in [-0.25, -0.2) is 0 Å². The number of aryl methyl sites for hydroxylation is 2. The fourth-order valence-electron chi connectivity index (χ4n) is 2.28. The Morgan fingerprint density at radius 1 is 1.21 bits per heavy atom. The molecule has 0 aliphatic carbocycles. The number of pyridine rings is 1. The summed E-state index contributed by atoms with van der Waals surface area (Å²) < 4.78 is 0. The van der Waals surface area contributed by atoms with Crippen LogP contribution in [0, 0.1) is 13.8 Å². The summed E-state index contributed by atoms with van der Waals surface area (Å²) in [6, 6.07) is 10.0. The van der Waals surface area contributed by atoms with Gasteiger partial charge in [0.25, 0.3) is 0 Å². The van der Waals surface area contributed by atoms with E-state index in [1.807, 2.05) is 30.5 Å². The monoisotopic (exact) mass is 269 g/mol. The van der Waals surface area contributed by atoms with E-state index in [1.54, 1.807) is 17.5 Å². The van der Waals surface area contributed by atoms with Gasteiger partial charge in [-0.15, -0.1) is 11.3 Å². The lowest BCUT2D eigenvalue weighted by atomic mass is 10.0. The molecule has 1 aromatic carbocycles. The van der Waals surface area contributed by atoms with E-state index < -0.39 is 6.10 Å². The highest BCUT2D eigenvalue weighted by molar-refractivity contribution is 7.12. The third-order valence-corrected chi connectivity index (χ3v) is 4.67. The molecule has 2 heterocycles. The number of aromatic nitrogens is 1. The van der Waals surface area contributed by atoms with E-state index >= 15 is 0 Å². The Hall–Kier alpha value is -1.71. The van der Waals surface area contributed by atoms with Crippen molar-refractivity contribution >= 4 is 22.1 Å². The minimum atomic E-state index is -0.566. The predicted molar refractivity (Wildman–Crippen MR) is 79.6 cm³/mol. The number of fused-ring (bicyclic) bond motifs is 1.